The lowest BCUT2D eigenvalue weighted by atomic mass is 9.96. The van der Waals surface area contributed by atoms with Gasteiger partial charge in [-0.25, -0.2) is 4.79 Å². The third-order valence-electron chi connectivity index (χ3n) is 5.42. The second-order valence-corrected chi connectivity index (χ2v) is 7.44. The molecule has 7 heteroatoms. The zero-order chi connectivity index (χ0) is 19.1. The average molecular weight is 375 g/mol. The first-order valence-electron chi connectivity index (χ1n) is 9.72. The summed E-state index contributed by atoms with van der Waals surface area (Å²) < 4.78 is 5.41. The Morgan fingerprint density at radius 2 is 1.63 bits per heavy atom. The Labute approximate surface area is 160 Å². The van der Waals surface area contributed by atoms with E-state index in [1.54, 1.807) is 4.90 Å². The van der Waals surface area contributed by atoms with E-state index < -0.39 is 5.97 Å². The van der Waals surface area contributed by atoms with Crippen LogP contribution in [0.1, 0.15) is 18.4 Å². The molecule has 1 aromatic carbocycles. The highest BCUT2D eigenvalue weighted by atomic mass is 16.6. The van der Waals surface area contributed by atoms with E-state index in [0.717, 1.165) is 51.1 Å². The fourth-order valence-corrected chi connectivity index (χ4v) is 3.81. The number of rotatable bonds is 6. The van der Waals surface area contributed by atoms with Crippen LogP contribution in [0.3, 0.4) is 0 Å². The molecular formula is C20H29N3O4. The molecule has 0 saturated carbocycles. The first-order valence-corrected chi connectivity index (χ1v) is 9.72. The maximum Gasteiger partial charge on any atom is 0.410 e. The van der Waals surface area contributed by atoms with Crippen molar-refractivity contribution >= 4 is 12.1 Å². The lowest BCUT2D eigenvalue weighted by molar-refractivity contribution is -0.138. The first kappa shape index (κ1) is 19.6. The Bertz CT molecular complexity index is 609. The van der Waals surface area contributed by atoms with Crippen molar-refractivity contribution in [2.45, 2.75) is 19.4 Å². The molecule has 1 aromatic rings. The third-order valence-corrected chi connectivity index (χ3v) is 5.42. The van der Waals surface area contributed by atoms with E-state index in [-0.39, 0.29) is 12.6 Å². The van der Waals surface area contributed by atoms with Crippen LogP contribution in [0.15, 0.2) is 30.3 Å². The van der Waals surface area contributed by atoms with Crippen LogP contribution < -0.4 is 0 Å². The van der Waals surface area contributed by atoms with Crippen LogP contribution in [-0.4, -0.2) is 84.2 Å². The van der Waals surface area contributed by atoms with Crippen molar-refractivity contribution in [3.05, 3.63) is 35.9 Å². The zero-order valence-corrected chi connectivity index (χ0v) is 15.8. The standard InChI is InChI=1S/C20H29N3O4/c24-19(25)15-21-8-6-17(7-9-21)14-22-10-12-23(13-11-22)20(26)27-16-18-4-2-1-3-5-18/h1-5,17H,6-16H2,(H,24,25). The number of carbonyl (C=O) groups excluding carboxylic acids is 1. The van der Waals surface area contributed by atoms with E-state index in [4.69, 9.17) is 9.84 Å². The first-order chi connectivity index (χ1) is 13.1. The second-order valence-electron chi connectivity index (χ2n) is 7.44. The SMILES string of the molecule is O=C(O)CN1CCC(CN2CCN(C(=O)OCc3ccccc3)CC2)CC1. The number of carbonyl (C=O) groups is 2. The van der Waals surface area contributed by atoms with Crippen LogP contribution in [0.25, 0.3) is 0 Å². The third kappa shape index (κ3) is 6.22. The highest BCUT2D eigenvalue weighted by Gasteiger charge is 2.26. The number of ether oxygens (including phenoxy) is 1. The van der Waals surface area contributed by atoms with Crippen LogP contribution in [0.5, 0.6) is 0 Å². The molecule has 2 fully saturated rings. The number of piperazine rings is 1. The fourth-order valence-electron chi connectivity index (χ4n) is 3.81. The number of carboxylic acids is 1. The molecule has 1 amide bonds. The van der Waals surface area contributed by atoms with E-state index in [0.29, 0.717) is 25.6 Å². The molecule has 7 nitrogen and oxygen atoms in total. The summed E-state index contributed by atoms with van der Waals surface area (Å²) in [7, 11) is 0. The van der Waals surface area contributed by atoms with Gasteiger partial charge in [0.05, 0.1) is 6.54 Å². The smallest absolute Gasteiger partial charge is 0.410 e. The van der Waals surface area contributed by atoms with Gasteiger partial charge in [-0.1, -0.05) is 30.3 Å². The minimum absolute atomic E-state index is 0.149. The van der Waals surface area contributed by atoms with Gasteiger partial charge in [-0.3, -0.25) is 14.6 Å². The molecule has 0 aliphatic carbocycles. The number of nitrogens with zero attached hydrogens (tertiary/aromatic N) is 3. The minimum Gasteiger partial charge on any atom is -0.480 e. The predicted octanol–water partition coefficient (Wildman–Crippen LogP) is 1.74. The van der Waals surface area contributed by atoms with E-state index in [2.05, 4.69) is 4.90 Å². The van der Waals surface area contributed by atoms with E-state index in [9.17, 15) is 9.59 Å². The predicted molar refractivity (Wildman–Crippen MR) is 101 cm³/mol. The molecule has 2 aliphatic heterocycles. The van der Waals surface area contributed by atoms with Crippen molar-refractivity contribution in [3.8, 4) is 0 Å². The van der Waals surface area contributed by atoms with Gasteiger partial charge in [0.15, 0.2) is 0 Å². The molecule has 2 aliphatic rings. The van der Waals surface area contributed by atoms with Crippen molar-refractivity contribution in [1.29, 1.82) is 0 Å². The topological polar surface area (TPSA) is 73.3 Å². The molecule has 0 aromatic heterocycles. The van der Waals surface area contributed by atoms with Gasteiger partial charge in [0.1, 0.15) is 6.61 Å². The van der Waals surface area contributed by atoms with Crippen molar-refractivity contribution in [2.24, 2.45) is 5.92 Å². The Morgan fingerprint density at radius 1 is 0.963 bits per heavy atom. The molecule has 0 bridgehead atoms. The van der Waals surface area contributed by atoms with Crippen molar-refractivity contribution in [3.63, 3.8) is 0 Å². The summed E-state index contributed by atoms with van der Waals surface area (Å²) >= 11 is 0. The molecule has 2 heterocycles. The fraction of sp³-hybridized carbons (Fsp3) is 0.600. The highest BCUT2D eigenvalue weighted by Crippen LogP contribution is 2.19. The Hall–Kier alpha value is -2.12. The summed E-state index contributed by atoms with van der Waals surface area (Å²) in [6.07, 6.45) is 1.86. The average Bonchev–Trinajstić information content (AvgIpc) is 2.69. The molecular weight excluding hydrogens is 346 g/mol. The number of hydrogen-bond donors (Lipinski definition) is 1. The summed E-state index contributed by atoms with van der Waals surface area (Å²) in [5.74, 6) is -0.129. The van der Waals surface area contributed by atoms with Crippen LogP contribution >= 0.6 is 0 Å². The maximum atomic E-state index is 12.2. The van der Waals surface area contributed by atoms with E-state index in [1.807, 2.05) is 35.2 Å². The maximum absolute atomic E-state index is 12.2. The van der Waals surface area contributed by atoms with E-state index in [1.165, 1.54) is 0 Å². The number of likely N-dealkylation sites (tertiary alicyclic amines) is 1. The summed E-state index contributed by atoms with van der Waals surface area (Å²) in [6.45, 7) is 6.37. The Kier molecular flexibility index (Phi) is 7.06. The van der Waals surface area contributed by atoms with Crippen molar-refractivity contribution in [1.82, 2.24) is 14.7 Å². The quantitative estimate of drug-likeness (QED) is 0.816. The van der Waals surface area contributed by atoms with Gasteiger partial charge in [-0.15, -0.1) is 0 Å². The van der Waals surface area contributed by atoms with Crippen LogP contribution in [0.2, 0.25) is 0 Å². The van der Waals surface area contributed by atoms with Crippen molar-refractivity contribution < 1.29 is 19.4 Å². The monoisotopic (exact) mass is 375 g/mol. The van der Waals surface area contributed by atoms with Gasteiger partial charge in [0.2, 0.25) is 0 Å². The van der Waals surface area contributed by atoms with Gasteiger partial charge in [-0.05, 0) is 37.4 Å². The number of carboxylic acid groups (broad SMARTS) is 1. The van der Waals surface area contributed by atoms with Gasteiger partial charge < -0.3 is 14.7 Å². The summed E-state index contributed by atoms with van der Waals surface area (Å²) in [5.41, 5.74) is 0.999. The van der Waals surface area contributed by atoms with E-state index >= 15 is 0 Å². The molecule has 0 atom stereocenters. The molecule has 0 unspecified atom stereocenters. The van der Waals surface area contributed by atoms with Crippen molar-refractivity contribution in [2.75, 3.05) is 52.4 Å². The number of benzene rings is 1. The number of aliphatic carboxylic acids is 1. The Morgan fingerprint density at radius 3 is 2.26 bits per heavy atom. The number of amides is 1. The summed E-state index contributed by atoms with van der Waals surface area (Å²) in [6, 6.07) is 9.72. The zero-order valence-electron chi connectivity index (χ0n) is 15.8. The van der Waals surface area contributed by atoms with Crippen LogP contribution in [0, 0.1) is 5.92 Å². The largest absolute Gasteiger partial charge is 0.480 e. The Balaban J connectivity index is 1.33. The molecule has 3 rings (SSSR count). The normalized spacial score (nSPS) is 19.8. The van der Waals surface area contributed by atoms with Crippen LogP contribution in [0.4, 0.5) is 4.79 Å². The second kappa shape index (κ2) is 9.71. The van der Waals surface area contributed by atoms with Crippen LogP contribution in [-0.2, 0) is 16.1 Å². The molecule has 148 valence electrons. The molecule has 27 heavy (non-hydrogen) atoms. The number of hydrogen-bond acceptors (Lipinski definition) is 5. The minimum atomic E-state index is -0.747. The van der Waals surface area contributed by atoms with Gasteiger partial charge in [0, 0.05) is 32.7 Å². The molecule has 2 saturated heterocycles. The van der Waals surface area contributed by atoms with Gasteiger partial charge in [-0.2, -0.15) is 0 Å². The molecule has 1 N–H and O–H groups in total. The lowest BCUT2D eigenvalue weighted by Gasteiger charge is -2.38. The molecule has 0 spiro atoms. The highest BCUT2D eigenvalue weighted by molar-refractivity contribution is 5.69. The summed E-state index contributed by atoms with van der Waals surface area (Å²) in [5, 5.41) is 8.87. The molecule has 0 radical (unpaired) electrons. The lowest BCUT2D eigenvalue weighted by Crippen LogP contribution is -2.50. The van der Waals surface area contributed by atoms with Gasteiger partial charge >= 0.3 is 12.1 Å². The summed E-state index contributed by atoms with van der Waals surface area (Å²) in [4.78, 5) is 29.2. The van der Waals surface area contributed by atoms with Gasteiger partial charge in [0.25, 0.3) is 0 Å². The number of piperidine rings is 1.